The molecule has 0 bridgehead atoms. The fourth-order valence-corrected chi connectivity index (χ4v) is 2.14. The lowest BCUT2D eigenvalue weighted by atomic mass is 9.92. The quantitative estimate of drug-likeness (QED) is 0.741. The van der Waals surface area contributed by atoms with Crippen LogP contribution in [0, 0.1) is 13.8 Å². The molecule has 84 valence electrons. The van der Waals surface area contributed by atoms with Crippen LogP contribution in [-0.4, -0.2) is 13.1 Å². The Bertz CT molecular complexity index is 298. The molecular weight excluding hydrogens is 182 g/mol. The van der Waals surface area contributed by atoms with Gasteiger partial charge in [-0.15, -0.1) is 0 Å². The Morgan fingerprint density at radius 2 is 1.93 bits per heavy atom. The minimum Gasteiger partial charge on any atom is -0.316 e. The lowest BCUT2D eigenvalue weighted by Crippen LogP contribution is -2.09. The van der Waals surface area contributed by atoms with Crippen LogP contribution in [0.3, 0.4) is 0 Å². The van der Waals surface area contributed by atoms with Crippen molar-refractivity contribution in [1.29, 1.82) is 0 Å². The molecule has 1 N–H and O–H groups in total. The van der Waals surface area contributed by atoms with E-state index in [0.29, 0.717) is 0 Å². The average Bonchev–Trinajstić information content (AvgIpc) is 2.78. The largest absolute Gasteiger partial charge is 0.316 e. The van der Waals surface area contributed by atoms with E-state index in [2.05, 4.69) is 37.4 Å². The Morgan fingerprint density at radius 3 is 2.53 bits per heavy atom. The first kappa shape index (κ1) is 12.3. The van der Waals surface area contributed by atoms with Crippen molar-refractivity contribution in [1.82, 2.24) is 5.32 Å². The van der Waals surface area contributed by atoms with Gasteiger partial charge in [-0.1, -0.05) is 32.0 Å². The highest BCUT2D eigenvalue weighted by atomic mass is 14.9. The summed E-state index contributed by atoms with van der Waals surface area (Å²) in [4.78, 5) is 0. The molecule has 1 nitrogen and oxygen atoms in total. The van der Waals surface area contributed by atoms with Crippen molar-refractivity contribution >= 4 is 0 Å². The van der Waals surface area contributed by atoms with Gasteiger partial charge in [0.1, 0.15) is 0 Å². The predicted octanol–water partition coefficient (Wildman–Crippen LogP) is 3.41. The molecule has 1 heterocycles. The first-order valence-corrected chi connectivity index (χ1v) is 6.06. The van der Waals surface area contributed by atoms with Gasteiger partial charge >= 0.3 is 0 Å². The van der Waals surface area contributed by atoms with Gasteiger partial charge in [-0.25, -0.2) is 0 Å². The first-order chi connectivity index (χ1) is 7.29. The maximum absolute atomic E-state index is 3.42. The van der Waals surface area contributed by atoms with Crippen molar-refractivity contribution in [2.45, 2.75) is 40.0 Å². The van der Waals surface area contributed by atoms with Crippen molar-refractivity contribution < 1.29 is 0 Å². The number of rotatable bonds is 1. The summed E-state index contributed by atoms with van der Waals surface area (Å²) in [5, 5.41) is 3.42. The predicted molar refractivity (Wildman–Crippen MR) is 67.5 cm³/mol. The molecule has 2 rings (SSSR count). The van der Waals surface area contributed by atoms with Crippen LogP contribution >= 0.6 is 0 Å². The topological polar surface area (TPSA) is 12.0 Å². The number of benzene rings is 1. The summed E-state index contributed by atoms with van der Waals surface area (Å²) < 4.78 is 0. The van der Waals surface area contributed by atoms with Crippen LogP contribution in [0.4, 0.5) is 0 Å². The van der Waals surface area contributed by atoms with Gasteiger partial charge in [-0.05, 0) is 49.4 Å². The Balaban J connectivity index is 0.000000531. The smallest absolute Gasteiger partial charge is 0.00207 e. The Hall–Kier alpha value is -0.820. The van der Waals surface area contributed by atoms with Crippen LogP contribution in [0.15, 0.2) is 18.2 Å². The van der Waals surface area contributed by atoms with E-state index in [1.165, 1.54) is 24.1 Å². The van der Waals surface area contributed by atoms with Crippen LogP contribution in [0.5, 0.6) is 0 Å². The SMILES string of the molecule is CC.Cc1cccc(C2CCNC2)c1C. The second-order valence-electron chi connectivity index (χ2n) is 3.98. The minimum atomic E-state index is 0.750. The molecule has 1 aromatic rings. The van der Waals surface area contributed by atoms with Gasteiger partial charge < -0.3 is 5.32 Å². The molecule has 1 aliphatic heterocycles. The monoisotopic (exact) mass is 205 g/mol. The van der Waals surface area contributed by atoms with Gasteiger partial charge in [0.25, 0.3) is 0 Å². The molecule has 0 saturated carbocycles. The summed E-state index contributed by atoms with van der Waals surface area (Å²) in [6.07, 6.45) is 1.30. The zero-order valence-corrected chi connectivity index (χ0v) is 10.4. The van der Waals surface area contributed by atoms with Crippen molar-refractivity contribution in [2.75, 3.05) is 13.1 Å². The summed E-state index contributed by atoms with van der Waals surface area (Å²) in [7, 11) is 0. The van der Waals surface area contributed by atoms with Crippen LogP contribution < -0.4 is 5.32 Å². The van der Waals surface area contributed by atoms with Gasteiger partial charge in [0.2, 0.25) is 0 Å². The average molecular weight is 205 g/mol. The molecule has 15 heavy (non-hydrogen) atoms. The zero-order valence-electron chi connectivity index (χ0n) is 10.4. The van der Waals surface area contributed by atoms with Crippen molar-refractivity contribution in [3.05, 3.63) is 34.9 Å². The molecule has 0 aromatic heterocycles. The molecule has 1 atom stereocenters. The van der Waals surface area contributed by atoms with E-state index < -0.39 is 0 Å². The standard InChI is InChI=1S/C12H17N.C2H6/c1-9-4-3-5-12(10(9)2)11-6-7-13-8-11;1-2/h3-5,11,13H,6-8H2,1-2H3;1-2H3. The summed E-state index contributed by atoms with van der Waals surface area (Å²) in [5.41, 5.74) is 4.45. The summed E-state index contributed by atoms with van der Waals surface area (Å²) in [6.45, 7) is 10.8. The molecule has 1 aliphatic rings. The lowest BCUT2D eigenvalue weighted by molar-refractivity contribution is 0.756. The number of aryl methyl sites for hydroxylation is 1. The molecule has 1 unspecified atom stereocenters. The molecule has 0 aliphatic carbocycles. The highest BCUT2D eigenvalue weighted by Gasteiger charge is 2.18. The van der Waals surface area contributed by atoms with E-state index in [9.17, 15) is 0 Å². The number of nitrogens with one attached hydrogen (secondary N) is 1. The van der Waals surface area contributed by atoms with E-state index in [1.807, 2.05) is 13.8 Å². The molecule has 0 radical (unpaired) electrons. The Labute approximate surface area is 93.9 Å². The Kier molecular flexibility index (Phi) is 4.83. The third-order valence-corrected chi connectivity index (χ3v) is 3.15. The number of hydrogen-bond acceptors (Lipinski definition) is 1. The molecule has 1 saturated heterocycles. The molecule has 1 fully saturated rings. The van der Waals surface area contributed by atoms with E-state index in [1.54, 1.807) is 5.56 Å². The van der Waals surface area contributed by atoms with E-state index in [4.69, 9.17) is 0 Å². The molecule has 0 spiro atoms. The van der Waals surface area contributed by atoms with Crippen LogP contribution in [0.1, 0.15) is 42.9 Å². The first-order valence-electron chi connectivity index (χ1n) is 6.06. The second kappa shape index (κ2) is 5.92. The van der Waals surface area contributed by atoms with Crippen molar-refractivity contribution in [2.24, 2.45) is 0 Å². The van der Waals surface area contributed by atoms with E-state index in [0.717, 1.165) is 12.5 Å². The van der Waals surface area contributed by atoms with Gasteiger partial charge in [-0.2, -0.15) is 0 Å². The number of hydrogen-bond donors (Lipinski definition) is 1. The van der Waals surface area contributed by atoms with Crippen LogP contribution in [0.25, 0.3) is 0 Å². The highest BCUT2D eigenvalue weighted by molar-refractivity contribution is 5.36. The maximum Gasteiger partial charge on any atom is 0.00207 e. The minimum absolute atomic E-state index is 0.750. The van der Waals surface area contributed by atoms with Crippen LogP contribution in [0.2, 0.25) is 0 Å². The highest BCUT2D eigenvalue weighted by Crippen LogP contribution is 2.26. The van der Waals surface area contributed by atoms with E-state index in [-0.39, 0.29) is 0 Å². The van der Waals surface area contributed by atoms with Crippen molar-refractivity contribution in [3.8, 4) is 0 Å². The summed E-state index contributed by atoms with van der Waals surface area (Å²) in [5.74, 6) is 0.750. The van der Waals surface area contributed by atoms with Gasteiger partial charge in [0.15, 0.2) is 0 Å². The second-order valence-corrected chi connectivity index (χ2v) is 3.98. The molecule has 0 amide bonds. The van der Waals surface area contributed by atoms with E-state index >= 15 is 0 Å². The van der Waals surface area contributed by atoms with Gasteiger partial charge in [-0.3, -0.25) is 0 Å². The third-order valence-electron chi connectivity index (χ3n) is 3.15. The third kappa shape index (κ3) is 2.82. The lowest BCUT2D eigenvalue weighted by Gasteiger charge is -2.13. The summed E-state index contributed by atoms with van der Waals surface area (Å²) >= 11 is 0. The molecule has 1 heteroatoms. The summed E-state index contributed by atoms with van der Waals surface area (Å²) in [6, 6.07) is 6.65. The zero-order chi connectivity index (χ0) is 11.3. The van der Waals surface area contributed by atoms with Gasteiger partial charge in [0.05, 0.1) is 0 Å². The fourth-order valence-electron chi connectivity index (χ4n) is 2.14. The molecule has 1 aromatic carbocycles. The van der Waals surface area contributed by atoms with Crippen LogP contribution in [-0.2, 0) is 0 Å². The normalized spacial score (nSPS) is 19.6. The maximum atomic E-state index is 3.42. The molecular formula is C14H23N. The van der Waals surface area contributed by atoms with Gasteiger partial charge in [0, 0.05) is 6.54 Å². The Morgan fingerprint density at radius 1 is 1.20 bits per heavy atom. The van der Waals surface area contributed by atoms with Crippen molar-refractivity contribution in [3.63, 3.8) is 0 Å². The fraction of sp³-hybridized carbons (Fsp3) is 0.571.